The molecule has 8 heavy (non-hydrogen) atoms. The first-order valence-corrected chi connectivity index (χ1v) is 18.4. The van der Waals surface area contributed by atoms with E-state index in [4.69, 9.17) is 9.90 Å². The molecule has 0 unspecified atom stereocenters. The van der Waals surface area contributed by atoms with E-state index in [0.717, 1.165) is 6.92 Å². The summed E-state index contributed by atoms with van der Waals surface area (Å²) in [5, 5.41) is 7.42. The van der Waals surface area contributed by atoms with E-state index in [2.05, 4.69) is 36.7 Å². The van der Waals surface area contributed by atoms with Crippen LogP contribution in [0.1, 0.15) is 6.92 Å². The average Bonchev–Trinajstić information content (AvgIpc) is 1.25. The Kier molecular flexibility index (Phi) is 13.7. The first-order valence-electron chi connectivity index (χ1n) is 1.49. The van der Waals surface area contributed by atoms with Crippen LogP contribution in [0, 0.1) is 0 Å². The molecule has 0 aromatic heterocycles. The van der Waals surface area contributed by atoms with Crippen molar-refractivity contribution >= 4 is 42.6 Å². The molecule has 0 saturated carbocycles. The van der Waals surface area contributed by atoms with Gasteiger partial charge in [0.25, 0.3) is 5.97 Å². The molecular weight excluding hydrogens is 387 g/mol. The Balaban J connectivity index is 0. The van der Waals surface area contributed by atoms with Crippen LogP contribution >= 0.6 is 36.7 Å². The van der Waals surface area contributed by atoms with Crippen LogP contribution in [0.2, 0.25) is 0 Å². The number of hydrogen-bond donors (Lipinski definition) is 1. The van der Waals surface area contributed by atoms with Crippen molar-refractivity contribution in [3.63, 3.8) is 0 Å². The van der Waals surface area contributed by atoms with Gasteiger partial charge in [-0.2, -0.15) is 0 Å². The van der Waals surface area contributed by atoms with Gasteiger partial charge in [0.15, 0.2) is 0 Å². The van der Waals surface area contributed by atoms with Gasteiger partial charge >= 0.3 is 51.4 Å². The van der Waals surface area contributed by atoms with Gasteiger partial charge in [-0.1, -0.05) is 0 Å². The number of aliphatic carboxylic acids is 1. The summed E-state index contributed by atoms with van der Waals surface area (Å²) in [4.78, 5) is 9.00. The summed E-state index contributed by atoms with van der Waals surface area (Å²) >= 11 is 8.80. The van der Waals surface area contributed by atoms with Crippen molar-refractivity contribution < 1.29 is 24.6 Å². The van der Waals surface area contributed by atoms with Crippen molar-refractivity contribution in [3.05, 3.63) is 0 Å². The second-order valence-corrected chi connectivity index (χ2v) is 34.7. The predicted molar refractivity (Wildman–Crippen MR) is 40.1 cm³/mol. The van der Waals surface area contributed by atoms with Crippen molar-refractivity contribution in [3.8, 4) is 0 Å². The standard InChI is InChI=1S/C2H4O2.3BrH.Zr/c1-2(3)4;;;;/h1H3,(H,3,4);3*1H;/q;;;;+3/p-3. The Hall–Kier alpha value is 1.79. The van der Waals surface area contributed by atoms with E-state index in [1.807, 2.05) is 0 Å². The second-order valence-electron chi connectivity index (χ2n) is 0.733. The fourth-order valence-electron chi connectivity index (χ4n) is 0. The number of carboxylic acids is 1. The maximum absolute atomic E-state index is 9.00. The van der Waals surface area contributed by atoms with Gasteiger partial charge in [0, 0.05) is 6.92 Å². The molecule has 0 atom stereocenters. The zero-order chi connectivity index (χ0) is 7.15. The van der Waals surface area contributed by atoms with Gasteiger partial charge in [0.2, 0.25) is 0 Å². The zero-order valence-corrected chi connectivity index (χ0v) is 11.2. The molecule has 6 heteroatoms. The SMILES string of the molecule is CC(=O)O.[Br][Zr]([Br])[Br]. The summed E-state index contributed by atoms with van der Waals surface area (Å²) in [7, 11) is 0. The molecule has 0 aromatic carbocycles. The molecule has 0 aliphatic heterocycles. The van der Waals surface area contributed by atoms with Crippen LogP contribution in [0.25, 0.3) is 0 Å². The van der Waals surface area contributed by atoms with Crippen molar-refractivity contribution in [1.29, 1.82) is 0 Å². The van der Waals surface area contributed by atoms with Crippen LogP contribution in [-0.2, 0) is 19.5 Å². The normalized spacial score (nSPS) is 6.50. The summed E-state index contributed by atoms with van der Waals surface area (Å²) in [6, 6.07) is 0. The van der Waals surface area contributed by atoms with Gasteiger partial charge in [0.1, 0.15) is 0 Å². The second kappa shape index (κ2) is 8.79. The molecule has 0 fully saturated rings. The molecule has 0 radical (unpaired) electrons. The van der Waals surface area contributed by atoms with E-state index in [9.17, 15) is 0 Å². The van der Waals surface area contributed by atoms with Crippen molar-refractivity contribution in [2.24, 2.45) is 0 Å². The number of carboxylic acid groups (broad SMARTS) is 1. The third-order valence-electron chi connectivity index (χ3n) is 0. The van der Waals surface area contributed by atoms with Crippen molar-refractivity contribution in [1.82, 2.24) is 0 Å². The molecule has 1 N–H and O–H groups in total. The maximum atomic E-state index is 9.00. The first-order chi connectivity index (χ1) is 3.46. The van der Waals surface area contributed by atoms with Crippen LogP contribution in [0.5, 0.6) is 0 Å². The predicted octanol–water partition coefficient (Wildman–Crippen LogP) is 2.63. The average molecular weight is 391 g/mol. The third kappa shape index (κ3) is 112. The molecular formula is C2H4Br3O2Zr. The molecule has 0 aromatic rings. The molecule has 0 aliphatic carbocycles. The summed E-state index contributed by atoms with van der Waals surface area (Å²) in [5.74, 6) is -0.833. The Morgan fingerprint density at radius 3 is 1.50 bits per heavy atom. The summed E-state index contributed by atoms with van der Waals surface area (Å²) < 4.78 is 0. The Morgan fingerprint density at radius 2 is 1.50 bits per heavy atom. The van der Waals surface area contributed by atoms with E-state index in [0.29, 0.717) is 0 Å². The van der Waals surface area contributed by atoms with Crippen molar-refractivity contribution in [2.45, 2.75) is 6.92 Å². The molecule has 0 bridgehead atoms. The Labute approximate surface area is 73.1 Å². The fraction of sp³-hybridized carbons (Fsp3) is 0.500. The fourth-order valence-corrected chi connectivity index (χ4v) is 0. The van der Waals surface area contributed by atoms with Gasteiger partial charge in [-0.05, 0) is 0 Å². The van der Waals surface area contributed by atoms with E-state index in [1.165, 1.54) is 0 Å². The summed E-state index contributed by atoms with van der Waals surface area (Å²) in [6.45, 7) is 1.08. The zero-order valence-electron chi connectivity index (χ0n) is 3.99. The summed E-state index contributed by atoms with van der Waals surface area (Å²) in [5.41, 5.74) is 0. The van der Waals surface area contributed by atoms with Crippen LogP contribution in [0.15, 0.2) is 0 Å². The molecule has 0 saturated heterocycles. The Morgan fingerprint density at radius 1 is 1.50 bits per heavy atom. The third-order valence-corrected chi connectivity index (χ3v) is 0. The molecule has 49 valence electrons. The van der Waals surface area contributed by atoms with Crippen LogP contribution < -0.4 is 0 Å². The van der Waals surface area contributed by atoms with E-state index in [1.54, 1.807) is 0 Å². The molecule has 0 spiro atoms. The number of carbonyl (C=O) groups is 1. The quantitative estimate of drug-likeness (QED) is 0.690. The van der Waals surface area contributed by atoms with Gasteiger partial charge in [-0.25, -0.2) is 0 Å². The van der Waals surface area contributed by atoms with E-state index >= 15 is 0 Å². The van der Waals surface area contributed by atoms with Crippen molar-refractivity contribution in [2.75, 3.05) is 0 Å². The van der Waals surface area contributed by atoms with Crippen LogP contribution in [-0.4, -0.2) is 11.1 Å². The number of hydrogen-bond acceptors (Lipinski definition) is 1. The molecule has 0 heterocycles. The van der Waals surface area contributed by atoms with Gasteiger partial charge in [0.05, 0.1) is 0 Å². The monoisotopic (exact) mass is 387 g/mol. The number of rotatable bonds is 0. The van der Waals surface area contributed by atoms with E-state index in [-0.39, 0.29) is 0 Å². The first kappa shape index (κ1) is 12.5. The molecule has 0 rings (SSSR count). The summed E-state index contributed by atoms with van der Waals surface area (Å²) in [6.07, 6.45) is 0. The van der Waals surface area contributed by atoms with E-state index < -0.39 is 20.7 Å². The number of halogens is 3. The van der Waals surface area contributed by atoms with Gasteiger partial charge in [-0.3, -0.25) is 4.79 Å². The van der Waals surface area contributed by atoms with Crippen LogP contribution in [0.3, 0.4) is 0 Å². The minimum absolute atomic E-state index is 0.833. The van der Waals surface area contributed by atoms with Gasteiger partial charge in [-0.15, -0.1) is 0 Å². The molecule has 0 aliphatic rings. The minimum atomic E-state index is -1.11. The van der Waals surface area contributed by atoms with Crippen LogP contribution in [0.4, 0.5) is 0 Å². The molecule has 0 amide bonds. The van der Waals surface area contributed by atoms with Gasteiger partial charge < -0.3 is 5.11 Å². The molecule has 2 nitrogen and oxygen atoms in total. The topological polar surface area (TPSA) is 37.3 Å². The Bertz CT molecular complexity index is 59.5.